The van der Waals surface area contributed by atoms with Gasteiger partial charge in [0.1, 0.15) is 0 Å². The van der Waals surface area contributed by atoms with Gasteiger partial charge in [0, 0.05) is 18.5 Å². The minimum Gasteiger partial charge on any atom is -0.469 e. The molecule has 5 nitrogen and oxygen atoms in total. The molecule has 1 amide bonds. The maximum absolute atomic E-state index is 11.7. The van der Waals surface area contributed by atoms with E-state index in [-0.39, 0.29) is 35.7 Å². The number of nitrogens with one attached hydrogen (secondary N) is 1. The molecule has 2 unspecified atom stereocenters. The molecule has 0 aromatic carbocycles. The predicted molar refractivity (Wildman–Crippen MR) is 59.5 cm³/mol. The molecule has 3 N–H and O–H groups in total. The number of rotatable bonds is 4. The summed E-state index contributed by atoms with van der Waals surface area (Å²) in [5, 5.41) is 2.73. The maximum atomic E-state index is 11.7. The lowest BCUT2D eigenvalue weighted by molar-refractivity contribution is -0.141. The Morgan fingerprint density at radius 1 is 1.50 bits per heavy atom. The average Bonchev–Trinajstić information content (AvgIpc) is 2.25. The van der Waals surface area contributed by atoms with Crippen molar-refractivity contribution >= 4 is 11.9 Å². The molecule has 1 saturated carbocycles. The van der Waals surface area contributed by atoms with Crippen LogP contribution in [0.25, 0.3) is 0 Å². The van der Waals surface area contributed by atoms with Crippen molar-refractivity contribution in [3.8, 4) is 0 Å². The van der Waals surface area contributed by atoms with E-state index in [1.807, 2.05) is 13.8 Å². The van der Waals surface area contributed by atoms with Gasteiger partial charge < -0.3 is 15.8 Å². The first-order valence-corrected chi connectivity index (χ1v) is 5.49. The molecule has 0 spiro atoms. The van der Waals surface area contributed by atoms with E-state index in [4.69, 9.17) is 5.73 Å². The van der Waals surface area contributed by atoms with Gasteiger partial charge in [-0.15, -0.1) is 0 Å². The molecular weight excluding hydrogens is 208 g/mol. The van der Waals surface area contributed by atoms with E-state index in [1.54, 1.807) is 0 Å². The summed E-state index contributed by atoms with van der Waals surface area (Å²) in [7, 11) is 1.33. The summed E-state index contributed by atoms with van der Waals surface area (Å²) >= 11 is 0. The first-order valence-electron chi connectivity index (χ1n) is 5.49. The molecule has 92 valence electrons. The Morgan fingerprint density at radius 2 is 2.12 bits per heavy atom. The van der Waals surface area contributed by atoms with Crippen LogP contribution >= 0.6 is 0 Å². The minimum absolute atomic E-state index is 0.0180. The van der Waals surface area contributed by atoms with Gasteiger partial charge in [0.15, 0.2) is 0 Å². The van der Waals surface area contributed by atoms with Gasteiger partial charge >= 0.3 is 5.97 Å². The van der Waals surface area contributed by atoms with E-state index < -0.39 is 0 Å². The average molecular weight is 228 g/mol. The summed E-state index contributed by atoms with van der Waals surface area (Å²) in [5.74, 6) is -0.374. The van der Waals surface area contributed by atoms with Crippen LogP contribution in [-0.4, -0.2) is 31.6 Å². The van der Waals surface area contributed by atoms with Crippen LogP contribution in [0, 0.1) is 11.3 Å². The van der Waals surface area contributed by atoms with Crippen molar-refractivity contribution in [2.24, 2.45) is 17.1 Å². The van der Waals surface area contributed by atoms with Crippen LogP contribution in [0.1, 0.15) is 26.7 Å². The highest BCUT2D eigenvalue weighted by Crippen LogP contribution is 2.44. The molecule has 0 aromatic rings. The monoisotopic (exact) mass is 228 g/mol. The minimum atomic E-state index is -0.315. The highest BCUT2D eigenvalue weighted by molar-refractivity contribution is 5.81. The summed E-state index contributed by atoms with van der Waals surface area (Å²) in [6.45, 7) is 4.31. The Morgan fingerprint density at radius 3 is 2.56 bits per heavy atom. The number of carbonyl (C=O) groups excluding carboxylic acids is 2. The molecule has 2 atom stereocenters. The number of ether oxygens (including phenoxy) is 1. The van der Waals surface area contributed by atoms with E-state index in [1.165, 1.54) is 7.11 Å². The Balaban J connectivity index is 2.29. The van der Waals surface area contributed by atoms with Crippen LogP contribution in [0.2, 0.25) is 0 Å². The van der Waals surface area contributed by atoms with E-state index in [0.29, 0.717) is 6.54 Å². The first kappa shape index (κ1) is 13.0. The predicted octanol–water partition coefficient (Wildman–Crippen LogP) is 0.0391. The first-order chi connectivity index (χ1) is 7.39. The molecule has 5 heteroatoms. The van der Waals surface area contributed by atoms with Crippen LogP contribution in [0.4, 0.5) is 0 Å². The lowest BCUT2D eigenvalue weighted by atomic mass is 9.58. The molecule has 0 heterocycles. The van der Waals surface area contributed by atoms with E-state index in [2.05, 4.69) is 10.1 Å². The molecule has 1 fully saturated rings. The quantitative estimate of drug-likeness (QED) is 0.666. The molecule has 0 bridgehead atoms. The standard InChI is InChI=1S/C11H20N2O3/c1-11(2)7(6-8(11)12)10(15)13-5-4-9(14)16-3/h7-8H,4-6,12H2,1-3H3,(H,13,15). The van der Waals surface area contributed by atoms with Gasteiger partial charge in [-0.05, 0) is 11.8 Å². The van der Waals surface area contributed by atoms with E-state index >= 15 is 0 Å². The Labute approximate surface area is 95.7 Å². The topological polar surface area (TPSA) is 81.4 Å². The largest absolute Gasteiger partial charge is 0.469 e. The zero-order valence-corrected chi connectivity index (χ0v) is 10.1. The lowest BCUT2D eigenvalue weighted by Crippen LogP contribution is -2.59. The molecule has 1 aliphatic rings. The molecule has 1 aliphatic carbocycles. The van der Waals surface area contributed by atoms with Crippen LogP contribution in [0.15, 0.2) is 0 Å². The van der Waals surface area contributed by atoms with Crippen molar-refractivity contribution in [2.45, 2.75) is 32.7 Å². The van der Waals surface area contributed by atoms with Crippen LogP contribution in [0.5, 0.6) is 0 Å². The summed E-state index contributed by atoms with van der Waals surface area (Å²) in [4.78, 5) is 22.6. The molecular formula is C11H20N2O3. The molecule has 0 saturated heterocycles. The summed E-state index contributed by atoms with van der Waals surface area (Å²) in [6, 6.07) is 0.0869. The fraction of sp³-hybridized carbons (Fsp3) is 0.818. The fourth-order valence-corrected chi connectivity index (χ4v) is 1.92. The van der Waals surface area contributed by atoms with Crippen molar-refractivity contribution in [3.05, 3.63) is 0 Å². The lowest BCUT2D eigenvalue weighted by Gasteiger charge is -2.49. The molecule has 0 radical (unpaired) electrons. The number of nitrogens with two attached hydrogens (primary N) is 1. The van der Waals surface area contributed by atoms with Gasteiger partial charge in [0.2, 0.25) is 5.91 Å². The highest BCUT2D eigenvalue weighted by Gasteiger charge is 2.49. The van der Waals surface area contributed by atoms with Crippen molar-refractivity contribution < 1.29 is 14.3 Å². The van der Waals surface area contributed by atoms with Gasteiger partial charge in [-0.3, -0.25) is 9.59 Å². The smallest absolute Gasteiger partial charge is 0.307 e. The third kappa shape index (κ3) is 2.52. The van der Waals surface area contributed by atoms with Crippen LogP contribution in [-0.2, 0) is 14.3 Å². The second-order valence-corrected chi connectivity index (χ2v) is 4.83. The number of methoxy groups -OCH3 is 1. The maximum Gasteiger partial charge on any atom is 0.307 e. The van der Waals surface area contributed by atoms with Gasteiger partial charge in [-0.2, -0.15) is 0 Å². The second kappa shape index (κ2) is 4.82. The summed E-state index contributed by atoms with van der Waals surface area (Å²) < 4.78 is 4.48. The number of amides is 1. The van der Waals surface area contributed by atoms with Crippen molar-refractivity contribution in [1.82, 2.24) is 5.32 Å². The Kier molecular flexibility index (Phi) is 3.91. The zero-order valence-electron chi connectivity index (χ0n) is 10.1. The second-order valence-electron chi connectivity index (χ2n) is 4.83. The van der Waals surface area contributed by atoms with Gasteiger partial charge in [0.25, 0.3) is 0 Å². The third-order valence-electron chi connectivity index (χ3n) is 3.52. The molecule has 0 aliphatic heterocycles. The number of carbonyl (C=O) groups is 2. The van der Waals surface area contributed by atoms with Crippen molar-refractivity contribution in [3.63, 3.8) is 0 Å². The highest BCUT2D eigenvalue weighted by atomic mass is 16.5. The normalized spacial score (nSPS) is 26.8. The Hall–Kier alpha value is -1.10. The zero-order chi connectivity index (χ0) is 12.3. The summed E-state index contributed by atoms with van der Waals surface area (Å²) in [6.07, 6.45) is 0.929. The Bertz CT molecular complexity index is 289. The van der Waals surface area contributed by atoms with Crippen LogP contribution < -0.4 is 11.1 Å². The number of hydrogen-bond donors (Lipinski definition) is 2. The van der Waals surface area contributed by atoms with Crippen LogP contribution in [0.3, 0.4) is 0 Å². The van der Waals surface area contributed by atoms with Gasteiger partial charge in [-0.1, -0.05) is 13.8 Å². The van der Waals surface area contributed by atoms with E-state index in [0.717, 1.165) is 6.42 Å². The number of esters is 1. The molecule has 16 heavy (non-hydrogen) atoms. The SMILES string of the molecule is COC(=O)CCNC(=O)C1CC(N)C1(C)C. The van der Waals surface area contributed by atoms with E-state index in [9.17, 15) is 9.59 Å². The summed E-state index contributed by atoms with van der Waals surface area (Å²) in [5.41, 5.74) is 5.69. The molecule has 1 rings (SSSR count). The fourth-order valence-electron chi connectivity index (χ4n) is 1.92. The third-order valence-corrected chi connectivity index (χ3v) is 3.52. The van der Waals surface area contributed by atoms with Gasteiger partial charge in [-0.25, -0.2) is 0 Å². The number of hydrogen-bond acceptors (Lipinski definition) is 4. The van der Waals surface area contributed by atoms with Crippen molar-refractivity contribution in [2.75, 3.05) is 13.7 Å². The van der Waals surface area contributed by atoms with Crippen molar-refractivity contribution in [1.29, 1.82) is 0 Å². The molecule has 0 aromatic heterocycles. The van der Waals surface area contributed by atoms with Gasteiger partial charge in [0.05, 0.1) is 13.5 Å².